The zero-order valence-electron chi connectivity index (χ0n) is 14.7. The zero-order valence-corrected chi connectivity index (χ0v) is 15.6. The van der Waals surface area contributed by atoms with Crippen LogP contribution in [0.3, 0.4) is 0 Å². The van der Waals surface area contributed by atoms with Gasteiger partial charge in [0.15, 0.2) is 0 Å². The van der Waals surface area contributed by atoms with E-state index in [9.17, 15) is 9.59 Å². The van der Waals surface area contributed by atoms with E-state index in [1.807, 2.05) is 57.2 Å². The molecule has 0 radical (unpaired) electrons. The number of rotatable bonds is 4. The Hall–Kier alpha value is -3.00. The summed E-state index contributed by atoms with van der Waals surface area (Å²) in [5.74, 6) is -0.747. The highest BCUT2D eigenvalue weighted by atomic mass is 32.1. The van der Waals surface area contributed by atoms with E-state index >= 15 is 0 Å². The van der Waals surface area contributed by atoms with Crippen LogP contribution in [0.15, 0.2) is 36.4 Å². The molecule has 7 nitrogen and oxygen atoms in total. The van der Waals surface area contributed by atoms with E-state index in [0.29, 0.717) is 10.6 Å². The van der Waals surface area contributed by atoms with Crippen LogP contribution in [0, 0.1) is 20.8 Å². The lowest BCUT2D eigenvalue weighted by molar-refractivity contribution is -0.122. The number of thiazole rings is 1. The first-order chi connectivity index (χ1) is 12.4. The first-order valence-corrected chi connectivity index (χ1v) is 8.89. The lowest BCUT2D eigenvalue weighted by atomic mass is 10.1. The Balaban J connectivity index is 1.67. The van der Waals surface area contributed by atoms with Crippen molar-refractivity contribution in [2.24, 2.45) is 0 Å². The third kappa shape index (κ3) is 3.97. The van der Waals surface area contributed by atoms with Gasteiger partial charge >= 0.3 is 0 Å². The molecule has 2 N–H and O–H groups in total. The lowest BCUT2D eigenvalue weighted by Gasteiger charge is -2.08. The topological polar surface area (TPSA) is 88.9 Å². The van der Waals surface area contributed by atoms with Gasteiger partial charge in [-0.15, -0.1) is 11.3 Å². The van der Waals surface area contributed by atoms with Crippen molar-refractivity contribution < 1.29 is 9.59 Å². The molecule has 26 heavy (non-hydrogen) atoms. The molecule has 0 fully saturated rings. The molecule has 0 saturated heterocycles. The van der Waals surface area contributed by atoms with Gasteiger partial charge in [0, 0.05) is 11.3 Å². The van der Waals surface area contributed by atoms with Crippen LogP contribution in [-0.4, -0.2) is 26.6 Å². The summed E-state index contributed by atoms with van der Waals surface area (Å²) in [4.78, 5) is 29.5. The molecule has 0 aliphatic heterocycles. The molecule has 0 aliphatic carbocycles. The average Bonchev–Trinajstić information content (AvgIpc) is 3.15. The Morgan fingerprint density at radius 3 is 2.50 bits per heavy atom. The fourth-order valence-electron chi connectivity index (χ4n) is 2.57. The predicted molar refractivity (Wildman–Crippen MR) is 99.6 cm³/mol. The van der Waals surface area contributed by atoms with Crippen molar-refractivity contribution in [1.82, 2.24) is 25.6 Å². The first-order valence-electron chi connectivity index (χ1n) is 8.07. The standard InChI is InChI=1S/C18H19N5O2S/c1-11-9-12(2)23(22-11)10-15(24)20-21-18(25)17-16(19-13(3)26-17)14-7-5-4-6-8-14/h4-9H,10H2,1-3H3,(H,20,24)(H,21,25). The summed E-state index contributed by atoms with van der Waals surface area (Å²) >= 11 is 1.29. The van der Waals surface area contributed by atoms with Crippen molar-refractivity contribution in [2.45, 2.75) is 27.3 Å². The Kier molecular flexibility index (Phi) is 5.13. The van der Waals surface area contributed by atoms with Crippen molar-refractivity contribution in [3.05, 3.63) is 57.7 Å². The number of hydrazine groups is 1. The van der Waals surface area contributed by atoms with Crippen LogP contribution >= 0.6 is 11.3 Å². The van der Waals surface area contributed by atoms with E-state index in [0.717, 1.165) is 22.0 Å². The highest BCUT2D eigenvalue weighted by Crippen LogP contribution is 2.27. The molecule has 0 spiro atoms. The highest BCUT2D eigenvalue weighted by molar-refractivity contribution is 7.14. The van der Waals surface area contributed by atoms with E-state index in [1.54, 1.807) is 4.68 Å². The number of carbonyl (C=O) groups excluding carboxylic acids is 2. The molecular weight excluding hydrogens is 350 g/mol. The van der Waals surface area contributed by atoms with Gasteiger partial charge in [-0.2, -0.15) is 5.10 Å². The minimum atomic E-state index is -0.392. The van der Waals surface area contributed by atoms with Crippen LogP contribution in [-0.2, 0) is 11.3 Å². The van der Waals surface area contributed by atoms with Crippen LogP contribution in [0.5, 0.6) is 0 Å². The fourth-order valence-corrected chi connectivity index (χ4v) is 3.40. The van der Waals surface area contributed by atoms with Gasteiger partial charge < -0.3 is 0 Å². The second-order valence-corrected chi connectivity index (χ2v) is 7.07. The maximum atomic E-state index is 12.5. The molecule has 8 heteroatoms. The van der Waals surface area contributed by atoms with E-state index < -0.39 is 5.91 Å². The Morgan fingerprint density at radius 1 is 1.12 bits per heavy atom. The number of aryl methyl sites for hydroxylation is 3. The van der Waals surface area contributed by atoms with Crippen molar-refractivity contribution in [2.75, 3.05) is 0 Å². The van der Waals surface area contributed by atoms with Gasteiger partial charge in [-0.3, -0.25) is 25.1 Å². The van der Waals surface area contributed by atoms with E-state index in [-0.39, 0.29) is 12.5 Å². The second-order valence-electron chi connectivity index (χ2n) is 5.86. The first kappa shape index (κ1) is 17.8. The third-order valence-corrected chi connectivity index (χ3v) is 4.67. The number of carbonyl (C=O) groups is 2. The fraction of sp³-hybridized carbons (Fsp3) is 0.222. The summed E-state index contributed by atoms with van der Waals surface area (Å²) in [6, 6.07) is 11.4. The van der Waals surface area contributed by atoms with Crippen molar-refractivity contribution in [3.63, 3.8) is 0 Å². The van der Waals surface area contributed by atoms with Gasteiger partial charge in [-0.1, -0.05) is 30.3 Å². The Morgan fingerprint density at radius 2 is 1.85 bits per heavy atom. The highest BCUT2D eigenvalue weighted by Gasteiger charge is 2.18. The van der Waals surface area contributed by atoms with Crippen molar-refractivity contribution in [1.29, 1.82) is 0 Å². The summed E-state index contributed by atoms with van der Waals surface area (Å²) in [6.45, 7) is 5.61. The van der Waals surface area contributed by atoms with Gasteiger partial charge in [0.05, 0.1) is 16.4 Å². The normalized spacial score (nSPS) is 10.6. The van der Waals surface area contributed by atoms with Crippen LogP contribution in [0.4, 0.5) is 0 Å². The number of benzene rings is 1. The number of amides is 2. The smallest absolute Gasteiger partial charge is 0.271 e. The summed E-state index contributed by atoms with van der Waals surface area (Å²) in [6.07, 6.45) is 0. The molecule has 0 saturated carbocycles. The summed E-state index contributed by atoms with van der Waals surface area (Å²) in [5.41, 5.74) is 8.08. The molecule has 2 amide bonds. The minimum Gasteiger partial charge on any atom is -0.271 e. The molecule has 0 atom stereocenters. The minimum absolute atomic E-state index is 0.0349. The van der Waals surface area contributed by atoms with Crippen LogP contribution in [0.2, 0.25) is 0 Å². The maximum Gasteiger partial charge on any atom is 0.282 e. The van der Waals surface area contributed by atoms with Crippen LogP contribution in [0.1, 0.15) is 26.1 Å². The number of hydrogen-bond donors (Lipinski definition) is 2. The Labute approximate surface area is 155 Å². The SMILES string of the molecule is Cc1cc(C)n(CC(=O)NNC(=O)c2sc(C)nc2-c2ccccc2)n1. The van der Waals surface area contributed by atoms with Gasteiger partial charge in [0.25, 0.3) is 11.8 Å². The molecular formula is C18H19N5O2S. The molecule has 1 aromatic carbocycles. The van der Waals surface area contributed by atoms with Gasteiger partial charge in [-0.05, 0) is 26.8 Å². The van der Waals surface area contributed by atoms with Gasteiger partial charge in [-0.25, -0.2) is 4.98 Å². The summed E-state index contributed by atoms with van der Waals surface area (Å²) in [7, 11) is 0. The zero-order chi connectivity index (χ0) is 18.7. The van der Waals surface area contributed by atoms with Gasteiger partial charge in [0.1, 0.15) is 11.4 Å². The van der Waals surface area contributed by atoms with Crippen LogP contribution < -0.4 is 10.9 Å². The van der Waals surface area contributed by atoms with E-state index in [4.69, 9.17) is 0 Å². The molecule has 0 bridgehead atoms. The largest absolute Gasteiger partial charge is 0.282 e. The van der Waals surface area contributed by atoms with E-state index in [2.05, 4.69) is 20.9 Å². The molecule has 3 rings (SSSR count). The van der Waals surface area contributed by atoms with E-state index in [1.165, 1.54) is 11.3 Å². The summed E-state index contributed by atoms with van der Waals surface area (Å²) in [5, 5.41) is 5.01. The third-order valence-electron chi connectivity index (χ3n) is 3.70. The predicted octanol–water partition coefficient (Wildman–Crippen LogP) is 2.39. The lowest BCUT2D eigenvalue weighted by Crippen LogP contribution is -2.43. The van der Waals surface area contributed by atoms with Crippen LogP contribution in [0.25, 0.3) is 11.3 Å². The number of hydrogen-bond acceptors (Lipinski definition) is 5. The Bertz CT molecular complexity index is 946. The number of nitrogens with one attached hydrogen (secondary N) is 2. The number of nitrogens with zero attached hydrogens (tertiary/aromatic N) is 3. The number of aromatic nitrogens is 3. The second kappa shape index (κ2) is 7.49. The molecule has 0 aliphatic rings. The molecule has 0 unspecified atom stereocenters. The molecule has 2 aromatic heterocycles. The maximum absolute atomic E-state index is 12.5. The van der Waals surface area contributed by atoms with Crippen molar-refractivity contribution >= 4 is 23.2 Å². The quantitative estimate of drug-likeness (QED) is 0.691. The monoisotopic (exact) mass is 369 g/mol. The van der Waals surface area contributed by atoms with Crippen molar-refractivity contribution in [3.8, 4) is 11.3 Å². The molecule has 2 heterocycles. The molecule has 3 aromatic rings. The summed E-state index contributed by atoms with van der Waals surface area (Å²) < 4.78 is 1.59. The average molecular weight is 369 g/mol. The van der Waals surface area contributed by atoms with Gasteiger partial charge in [0.2, 0.25) is 0 Å². The molecule has 134 valence electrons.